The maximum atomic E-state index is 11.8. The van der Waals surface area contributed by atoms with Crippen LogP contribution in [0.25, 0.3) is 0 Å². The molecule has 0 aromatic heterocycles. The van der Waals surface area contributed by atoms with Crippen LogP contribution in [0, 0.1) is 0 Å². The van der Waals surface area contributed by atoms with Crippen LogP contribution >= 0.6 is 11.8 Å². The fraction of sp³-hybridized carbons (Fsp3) is 0.231. The van der Waals surface area contributed by atoms with Crippen LogP contribution in [0.15, 0.2) is 28.4 Å². The van der Waals surface area contributed by atoms with Gasteiger partial charge >= 0.3 is 5.97 Å². The molecular weight excluding hydrogens is 310 g/mol. The Morgan fingerprint density at radius 3 is 2.82 bits per heavy atom. The van der Waals surface area contributed by atoms with Crippen LogP contribution in [-0.2, 0) is 9.59 Å². The second-order valence-corrected chi connectivity index (χ2v) is 5.64. The first-order valence-electron chi connectivity index (χ1n) is 6.17. The number of thioether (sulfide) groups is 1. The Kier molecular flexibility index (Phi) is 4.66. The van der Waals surface area contributed by atoms with Crippen molar-refractivity contribution in [1.29, 1.82) is 0 Å². The fourth-order valence-corrected chi connectivity index (χ4v) is 2.81. The van der Waals surface area contributed by atoms with E-state index in [1.165, 1.54) is 30.3 Å². The number of benzene rings is 1. The molecule has 1 aromatic carbocycles. The minimum Gasteiger partial charge on any atom is -0.508 e. The van der Waals surface area contributed by atoms with Crippen molar-refractivity contribution < 1.29 is 24.9 Å². The lowest BCUT2D eigenvalue weighted by molar-refractivity contribution is -0.139. The molecule has 0 radical (unpaired) electrons. The highest BCUT2D eigenvalue weighted by Crippen LogP contribution is 2.28. The summed E-state index contributed by atoms with van der Waals surface area (Å²) in [6.07, 6.45) is 0.987. The number of amides is 1. The number of carboxylic acids is 1. The molecule has 1 amide bonds. The smallest absolute Gasteiger partial charge is 0.305 e. The summed E-state index contributed by atoms with van der Waals surface area (Å²) in [7, 11) is 1.49. The topological polar surface area (TPSA) is 123 Å². The molecule has 1 heterocycles. The number of carbonyl (C=O) groups excluding carboxylic acids is 1. The quantitative estimate of drug-likeness (QED) is 0.557. The zero-order chi connectivity index (χ0) is 16.3. The fourth-order valence-electron chi connectivity index (χ4n) is 1.73. The number of aliphatic carboxylic acids is 1. The molecule has 0 spiro atoms. The number of hydrogen-bond acceptors (Lipinski definition) is 7. The molecular formula is C13H13N3O5S. The van der Waals surface area contributed by atoms with Crippen molar-refractivity contribution in [2.75, 3.05) is 7.05 Å². The van der Waals surface area contributed by atoms with E-state index in [0.717, 1.165) is 17.8 Å². The Bertz CT molecular complexity index is 674. The second-order valence-electron chi connectivity index (χ2n) is 4.47. The van der Waals surface area contributed by atoms with E-state index < -0.39 is 11.2 Å². The number of aromatic hydroxyl groups is 2. The van der Waals surface area contributed by atoms with E-state index in [0.29, 0.717) is 5.56 Å². The largest absolute Gasteiger partial charge is 0.508 e. The van der Waals surface area contributed by atoms with Gasteiger partial charge in [0.05, 0.1) is 12.6 Å². The molecule has 1 atom stereocenters. The number of phenolic OH excluding ortho intramolecular Hbond substituents is 2. The van der Waals surface area contributed by atoms with Crippen molar-refractivity contribution in [3.63, 3.8) is 0 Å². The van der Waals surface area contributed by atoms with Crippen LogP contribution in [0.2, 0.25) is 0 Å². The van der Waals surface area contributed by atoms with Crippen LogP contribution in [-0.4, -0.2) is 55.8 Å². The van der Waals surface area contributed by atoms with Crippen LogP contribution in [0.4, 0.5) is 0 Å². The zero-order valence-corrected chi connectivity index (χ0v) is 12.3. The van der Waals surface area contributed by atoms with Crippen molar-refractivity contribution in [2.45, 2.75) is 11.7 Å². The molecule has 9 heteroatoms. The van der Waals surface area contributed by atoms with Gasteiger partial charge in [0, 0.05) is 18.7 Å². The number of amidine groups is 1. The molecule has 1 aliphatic rings. The van der Waals surface area contributed by atoms with Gasteiger partial charge in [-0.25, -0.2) is 0 Å². The van der Waals surface area contributed by atoms with Crippen LogP contribution in [0.1, 0.15) is 12.0 Å². The van der Waals surface area contributed by atoms with Gasteiger partial charge in [0.1, 0.15) is 16.7 Å². The molecule has 1 aromatic rings. The average molecular weight is 323 g/mol. The number of carbonyl (C=O) groups is 2. The van der Waals surface area contributed by atoms with Crippen molar-refractivity contribution in [2.24, 2.45) is 10.2 Å². The molecule has 0 unspecified atom stereocenters. The normalized spacial score (nSPS) is 20.2. The first-order chi connectivity index (χ1) is 10.4. The maximum absolute atomic E-state index is 11.8. The number of hydrogen-bond donors (Lipinski definition) is 3. The minimum atomic E-state index is -1.06. The van der Waals surface area contributed by atoms with E-state index in [2.05, 4.69) is 10.2 Å². The molecule has 116 valence electrons. The Labute approximate surface area is 129 Å². The molecule has 1 saturated heterocycles. The lowest BCUT2D eigenvalue weighted by Gasteiger charge is -2.06. The molecule has 8 nitrogen and oxygen atoms in total. The van der Waals surface area contributed by atoms with Crippen molar-refractivity contribution in [3.05, 3.63) is 23.8 Å². The SMILES string of the molecule is CN1C(=O)[C@@H](CC(=O)O)S/C1=N/N=C/c1ccc(O)cc1O. The molecule has 1 aliphatic heterocycles. The summed E-state index contributed by atoms with van der Waals surface area (Å²) >= 11 is 1.03. The Morgan fingerprint density at radius 1 is 1.45 bits per heavy atom. The molecule has 22 heavy (non-hydrogen) atoms. The van der Waals surface area contributed by atoms with Gasteiger partial charge in [0.25, 0.3) is 0 Å². The van der Waals surface area contributed by atoms with E-state index in [-0.39, 0.29) is 29.0 Å². The van der Waals surface area contributed by atoms with Gasteiger partial charge in [0.15, 0.2) is 5.17 Å². The lowest BCUT2D eigenvalue weighted by Crippen LogP contribution is -2.28. The number of nitrogens with zero attached hydrogens (tertiary/aromatic N) is 3. The van der Waals surface area contributed by atoms with Gasteiger partial charge in [-0.1, -0.05) is 11.8 Å². The summed E-state index contributed by atoms with van der Waals surface area (Å²) in [6.45, 7) is 0. The first-order valence-corrected chi connectivity index (χ1v) is 7.05. The molecule has 3 N–H and O–H groups in total. The molecule has 0 aliphatic carbocycles. The van der Waals surface area contributed by atoms with Crippen molar-refractivity contribution in [3.8, 4) is 11.5 Å². The van der Waals surface area contributed by atoms with Crippen molar-refractivity contribution in [1.82, 2.24) is 4.90 Å². The summed E-state index contributed by atoms with van der Waals surface area (Å²) in [6, 6.07) is 4.01. The van der Waals surface area contributed by atoms with E-state index in [9.17, 15) is 19.8 Å². The summed E-state index contributed by atoms with van der Waals surface area (Å²) in [5, 5.41) is 34.7. The number of rotatable bonds is 4. The van der Waals surface area contributed by atoms with E-state index in [1.54, 1.807) is 0 Å². The predicted octanol–water partition coefficient (Wildman–Crippen LogP) is 0.836. The summed E-state index contributed by atoms with van der Waals surface area (Å²) < 4.78 is 0. The van der Waals surface area contributed by atoms with Gasteiger partial charge < -0.3 is 15.3 Å². The third-order valence-corrected chi connectivity index (χ3v) is 4.07. The summed E-state index contributed by atoms with van der Waals surface area (Å²) in [5.74, 6) is -1.63. The van der Waals surface area contributed by atoms with E-state index in [1.807, 2.05) is 0 Å². The third-order valence-electron chi connectivity index (χ3n) is 2.85. The minimum absolute atomic E-state index is 0.0749. The zero-order valence-electron chi connectivity index (χ0n) is 11.5. The second kappa shape index (κ2) is 6.48. The van der Waals surface area contributed by atoms with Gasteiger partial charge in [-0.3, -0.25) is 14.5 Å². The van der Waals surface area contributed by atoms with Crippen LogP contribution in [0.5, 0.6) is 11.5 Å². The highest BCUT2D eigenvalue weighted by molar-refractivity contribution is 8.15. The van der Waals surface area contributed by atoms with E-state index in [4.69, 9.17) is 5.11 Å². The monoisotopic (exact) mass is 323 g/mol. The van der Waals surface area contributed by atoms with E-state index >= 15 is 0 Å². The summed E-state index contributed by atoms with van der Waals surface area (Å²) in [5.41, 5.74) is 0.348. The van der Waals surface area contributed by atoms with Gasteiger partial charge in [-0.2, -0.15) is 5.10 Å². The van der Waals surface area contributed by atoms with Crippen LogP contribution < -0.4 is 0 Å². The molecule has 2 rings (SSSR count). The Morgan fingerprint density at radius 2 is 2.18 bits per heavy atom. The average Bonchev–Trinajstić information content (AvgIpc) is 2.69. The Hall–Kier alpha value is -2.55. The van der Waals surface area contributed by atoms with Gasteiger partial charge in [-0.05, 0) is 12.1 Å². The van der Waals surface area contributed by atoms with Gasteiger partial charge in [0.2, 0.25) is 5.91 Å². The molecule has 0 saturated carbocycles. The van der Waals surface area contributed by atoms with Crippen molar-refractivity contribution >= 4 is 35.0 Å². The standard InChI is InChI=1S/C13H13N3O5S/c1-16-12(21)10(5-11(19)20)22-13(16)15-14-6-7-2-3-8(17)4-9(7)18/h2-4,6,10,17-18H,5H2,1H3,(H,19,20)/b14-6+,15-13+/t10-/m1/s1. The summed E-state index contributed by atoms with van der Waals surface area (Å²) in [4.78, 5) is 23.7. The highest BCUT2D eigenvalue weighted by Gasteiger charge is 2.37. The predicted molar refractivity (Wildman–Crippen MR) is 81.2 cm³/mol. The Balaban J connectivity index is 2.11. The third kappa shape index (κ3) is 3.55. The van der Waals surface area contributed by atoms with Gasteiger partial charge in [-0.15, -0.1) is 5.10 Å². The maximum Gasteiger partial charge on any atom is 0.305 e. The number of carboxylic acid groups (broad SMARTS) is 1. The molecule has 0 bridgehead atoms. The highest BCUT2D eigenvalue weighted by atomic mass is 32.2. The lowest BCUT2D eigenvalue weighted by atomic mass is 10.2. The number of phenols is 2. The van der Waals surface area contributed by atoms with Crippen LogP contribution in [0.3, 0.4) is 0 Å². The molecule has 1 fully saturated rings. The first kappa shape index (κ1) is 15.8.